The Bertz CT molecular complexity index is 898. The maximum atomic E-state index is 11.3. The zero-order chi connectivity index (χ0) is 22.3. The first-order chi connectivity index (χ1) is 14.1. The molecule has 0 radical (unpaired) electrons. The molecular formula is C22H22O8. The number of carbonyl (C=O) groups is 4. The van der Waals surface area contributed by atoms with E-state index >= 15 is 0 Å². The van der Waals surface area contributed by atoms with Crippen LogP contribution in [-0.2, 0) is 32.0 Å². The smallest absolute Gasteiger partial charge is 0.308 e. The van der Waals surface area contributed by atoms with Gasteiger partial charge in [-0.25, -0.2) is 0 Å². The van der Waals surface area contributed by atoms with Crippen molar-refractivity contribution in [3.63, 3.8) is 0 Å². The zero-order valence-corrected chi connectivity index (χ0v) is 17.1. The number of hydrogen-bond acceptors (Lipinski definition) is 8. The van der Waals surface area contributed by atoms with Crippen molar-refractivity contribution in [2.75, 3.05) is 0 Å². The molecule has 8 heteroatoms. The van der Waals surface area contributed by atoms with E-state index in [1.165, 1.54) is 27.7 Å². The summed E-state index contributed by atoms with van der Waals surface area (Å²) in [4.78, 5) is 45.1. The summed E-state index contributed by atoms with van der Waals surface area (Å²) in [6, 6.07) is 9.88. The van der Waals surface area contributed by atoms with Crippen molar-refractivity contribution < 1.29 is 38.1 Å². The van der Waals surface area contributed by atoms with Crippen LogP contribution in [0.4, 0.5) is 0 Å². The molecule has 0 unspecified atom stereocenters. The molecular weight excluding hydrogens is 392 g/mol. The lowest BCUT2D eigenvalue weighted by Crippen LogP contribution is -2.08. The SMILES string of the molecule is CC(=O)Oc1ccc(CCc2ccc(OC(C)=O)c(OC(C)=O)c2)cc1OC(C)=O. The van der Waals surface area contributed by atoms with E-state index in [-0.39, 0.29) is 23.0 Å². The van der Waals surface area contributed by atoms with Crippen LogP contribution in [0, 0.1) is 0 Å². The van der Waals surface area contributed by atoms with Crippen LogP contribution in [-0.4, -0.2) is 23.9 Å². The highest BCUT2D eigenvalue weighted by Crippen LogP contribution is 2.31. The number of hydrogen-bond donors (Lipinski definition) is 0. The molecule has 0 fully saturated rings. The number of esters is 4. The van der Waals surface area contributed by atoms with Crippen LogP contribution in [0.25, 0.3) is 0 Å². The lowest BCUT2D eigenvalue weighted by atomic mass is 10.0. The lowest BCUT2D eigenvalue weighted by Gasteiger charge is -2.12. The molecule has 0 saturated carbocycles. The molecule has 2 aromatic rings. The minimum atomic E-state index is -0.535. The van der Waals surface area contributed by atoms with Crippen LogP contribution in [0.15, 0.2) is 36.4 Å². The first-order valence-corrected chi connectivity index (χ1v) is 9.13. The monoisotopic (exact) mass is 414 g/mol. The van der Waals surface area contributed by atoms with Crippen LogP contribution in [0.3, 0.4) is 0 Å². The van der Waals surface area contributed by atoms with Gasteiger partial charge in [-0.15, -0.1) is 0 Å². The molecule has 0 bridgehead atoms. The fourth-order valence-corrected chi connectivity index (χ4v) is 2.65. The average Bonchev–Trinajstić information content (AvgIpc) is 2.62. The highest BCUT2D eigenvalue weighted by molar-refractivity contribution is 5.74. The maximum absolute atomic E-state index is 11.3. The van der Waals surface area contributed by atoms with Crippen molar-refractivity contribution in [2.45, 2.75) is 40.5 Å². The van der Waals surface area contributed by atoms with Gasteiger partial charge in [0.25, 0.3) is 0 Å². The fraction of sp³-hybridized carbons (Fsp3) is 0.273. The highest BCUT2D eigenvalue weighted by atomic mass is 16.6. The van der Waals surface area contributed by atoms with Gasteiger partial charge in [0, 0.05) is 27.7 Å². The van der Waals surface area contributed by atoms with E-state index in [1.54, 1.807) is 36.4 Å². The van der Waals surface area contributed by atoms with Gasteiger partial charge in [-0.1, -0.05) is 12.1 Å². The Morgan fingerprint density at radius 3 is 1.13 bits per heavy atom. The van der Waals surface area contributed by atoms with Gasteiger partial charge in [-0.3, -0.25) is 19.2 Å². The van der Waals surface area contributed by atoms with E-state index < -0.39 is 23.9 Å². The van der Waals surface area contributed by atoms with Gasteiger partial charge < -0.3 is 18.9 Å². The summed E-state index contributed by atoms with van der Waals surface area (Å²) in [5.41, 5.74) is 1.67. The standard InChI is InChI=1S/C22H22O8/c1-13(23)27-19-9-7-17(11-21(19)29-15(3)25)5-6-18-8-10-20(28-14(2)24)22(12-18)30-16(4)26/h7-12H,5-6H2,1-4H3. The minimum absolute atomic E-state index is 0.154. The second-order valence-electron chi connectivity index (χ2n) is 6.44. The molecule has 2 aromatic carbocycles. The third-order valence-electron chi connectivity index (χ3n) is 3.73. The number of carbonyl (C=O) groups excluding carboxylic acids is 4. The van der Waals surface area contributed by atoms with E-state index in [0.29, 0.717) is 12.8 Å². The Balaban J connectivity index is 2.21. The third kappa shape index (κ3) is 7.05. The largest absolute Gasteiger partial charge is 0.423 e. The summed E-state index contributed by atoms with van der Waals surface area (Å²) in [6.45, 7) is 5.02. The topological polar surface area (TPSA) is 105 Å². The van der Waals surface area contributed by atoms with Crippen LogP contribution < -0.4 is 18.9 Å². The second-order valence-corrected chi connectivity index (χ2v) is 6.44. The van der Waals surface area contributed by atoms with Crippen molar-refractivity contribution >= 4 is 23.9 Å². The van der Waals surface area contributed by atoms with Gasteiger partial charge >= 0.3 is 23.9 Å². The molecule has 2 rings (SSSR count). The van der Waals surface area contributed by atoms with Crippen LogP contribution in [0.2, 0.25) is 0 Å². The van der Waals surface area contributed by atoms with Crippen LogP contribution in [0.1, 0.15) is 38.8 Å². The minimum Gasteiger partial charge on any atom is -0.423 e. The molecule has 0 N–H and O–H groups in total. The molecule has 0 amide bonds. The summed E-state index contributed by atoms with van der Waals surface area (Å²) in [7, 11) is 0. The Morgan fingerprint density at radius 1 is 0.533 bits per heavy atom. The molecule has 0 aliphatic heterocycles. The number of aryl methyl sites for hydroxylation is 2. The van der Waals surface area contributed by atoms with Gasteiger partial charge in [-0.2, -0.15) is 0 Å². The normalized spacial score (nSPS) is 10.1. The zero-order valence-electron chi connectivity index (χ0n) is 17.1. The summed E-state index contributed by atoms with van der Waals surface area (Å²) < 4.78 is 20.4. The molecule has 0 spiro atoms. The predicted octanol–water partition coefficient (Wildman–Crippen LogP) is 3.17. The highest BCUT2D eigenvalue weighted by Gasteiger charge is 2.13. The van der Waals surface area contributed by atoms with Crippen molar-refractivity contribution in [2.24, 2.45) is 0 Å². The van der Waals surface area contributed by atoms with E-state index in [0.717, 1.165) is 11.1 Å². The molecule has 0 aliphatic rings. The summed E-state index contributed by atoms with van der Waals surface area (Å²) in [5.74, 6) is -1.50. The van der Waals surface area contributed by atoms with Gasteiger partial charge in [0.1, 0.15) is 0 Å². The Labute approximate surface area is 173 Å². The quantitative estimate of drug-likeness (QED) is 0.502. The molecule has 0 heterocycles. The molecule has 30 heavy (non-hydrogen) atoms. The Morgan fingerprint density at radius 2 is 0.833 bits per heavy atom. The second kappa shape index (κ2) is 10.2. The molecule has 0 atom stereocenters. The van der Waals surface area contributed by atoms with Crippen molar-refractivity contribution in [3.05, 3.63) is 47.5 Å². The predicted molar refractivity (Wildman–Crippen MR) is 106 cm³/mol. The molecule has 8 nitrogen and oxygen atoms in total. The average molecular weight is 414 g/mol. The van der Waals surface area contributed by atoms with Gasteiger partial charge in [0.05, 0.1) is 0 Å². The number of rotatable bonds is 7. The van der Waals surface area contributed by atoms with Crippen molar-refractivity contribution in [1.82, 2.24) is 0 Å². The fourth-order valence-electron chi connectivity index (χ4n) is 2.65. The molecule has 0 aliphatic carbocycles. The van der Waals surface area contributed by atoms with E-state index in [4.69, 9.17) is 18.9 Å². The number of ether oxygens (including phenoxy) is 4. The molecule has 0 saturated heterocycles. The first kappa shape index (κ1) is 22.6. The lowest BCUT2D eigenvalue weighted by molar-refractivity contribution is -0.134. The van der Waals surface area contributed by atoms with Crippen molar-refractivity contribution in [3.8, 4) is 23.0 Å². The summed E-state index contributed by atoms with van der Waals surface area (Å²) >= 11 is 0. The number of benzene rings is 2. The first-order valence-electron chi connectivity index (χ1n) is 9.13. The van der Waals surface area contributed by atoms with Gasteiger partial charge in [0.15, 0.2) is 23.0 Å². The maximum Gasteiger partial charge on any atom is 0.308 e. The van der Waals surface area contributed by atoms with E-state index in [1.807, 2.05) is 0 Å². The molecule has 0 aromatic heterocycles. The van der Waals surface area contributed by atoms with Crippen LogP contribution in [0.5, 0.6) is 23.0 Å². The Kier molecular flexibility index (Phi) is 7.69. The van der Waals surface area contributed by atoms with Crippen LogP contribution >= 0.6 is 0 Å². The summed E-state index contributed by atoms with van der Waals surface area (Å²) in [6.07, 6.45) is 1.11. The van der Waals surface area contributed by atoms with E-state index in [2.05, 4.69) is 0 Å². The van der Waals surface area contributed by atoms with E-state index in [9.17, 15) is 19.2 Å². The van der Waals surface area contributed by atoms with Gasteiger partial charge in [0.2, 0.25) is 0 Å². The van der Waals surface area contributed by atoms with Gasteiger partial charge in [-0.05, 0) is 48.2 Å². The third-order valence-corrected chi connectivity index (χ3v) is 3.73. The summed E-state index contributed by atoms with van der Waals surface area (Å²) in [5, 5.41) is 0. The molecule has 158 valence electrons. The Hall–Kier alpha value is -3.68. The van der Waals surface area contributed by atoms with Crippen molar-refractivity contribution in [1.29, 1.82) is 0 Å².